The zero-order valence-corrected chi connectivity index (χ0v) is 21.7. The minimum absolute atomic E-state index is 0.0701. The Morgan fingerprint density at radius 1 is 1.05 bits per heavy atom. The van der Waals surface area contributed by atoms with E-state index in [2.05, 4.69) is 16.0 Å². The van der Waals surface area contributed by atoms with Crippen LogP contribution in [0.1, 0.15) is 43.0 Å². The number of hydrogen-bond acceptors (Lipinski definition) is 5. The summed E-state index contributed by atoms with van der Waals surface area (Å²) in [5.41, 5.74) is 5.89. The van der Waals surface area contributed by atoms with E-state index >= 15 is 4.39 Å². The lowest BCUT2D eigenvalue weighted by Crippen LogP contribution is -2.33. The van der Waals surface area contributed by atoms with E-state index in [4.69, 9.17) is 15.9 Å². The Morgan fingerprint density at radius 2 is 1.77 bits per heavy atom. The molecule has 39 heavy (non-hydrogen) atoms. The lowest BCUT2D eigenvalue weighted by molar-refractivity contribution is 0.0951. The standard InChI is InChI=1S/C29H31FN6O3/c1-2-3-10-33-24-21(30)15-19-25-27(24)39-23-14-18-9-5-4-8-17(18)13-22(23)36(25)16-20(26(19)37)28(38)34-11-6-7-12-35-29(31)32/h4-5,8-9,13-16,33H,2-3,6-7,10-12H2,1H3,(H,34,38)(H4,31,32,35). The molecule has 1 amide bonds. The maximum atomic E-state index is 15.4. The fraction of sp³-hybridized carbons (Fsp3) is 0.276. The predicted molar refractivity (Wildman–Crippen MR) is 152 cm³/mol. The number of unbranched alkanes of at least 4 members (excludes halogenated alkanes) is 2. The van der Waals surface area contributed by atoms with E-state index in [0.717, 1.165) is 23.6 Å². The Hall–Kier alpha value is -4.60. The number of nitrogens with two attached hydrogens (primary N) is 1. The molecule has 0 unspecified atom stereocenters. The Labute approximate surface area is 224 Å². The second-order valence-corrected chi connectivity index (χ2v) is 9.55. The molecule has 6 N–H and O–H groups in total. The van der Waals surface area contributed by atoms with E-state index in [9.17, 15) is 9.59 Å². The summed E-state index contributed by atoms with van der Waals surface area (Å²) in [6.07, 6.45) is 4.60. The maximum Gasteiger partial charge on any atom is 0.256 e. The van der Waals surface area contributed by atoms with Crippen LogP contribution in [0.25, 0.3) is 27.4 Å². The molecule has 1 aliphatic rings. The zero-order valence-electron chi connectivity index (χ0n) is 21.7. The van der Waals surface area contributed by atoms with Crippen molar-refractivity contribution in [1.82, 2.24) is 15.2 Å². The predicted octanol–water partition coefficient (Wildman–Crippen LogP) is 4.59. The van der Waals surface area contributed by atoms with Crippen LogP contribution < -0.4 is 31.8 Å². The molecular weight excluding hydrogens is 499 g/mol. The summed E-state index contributed by atoms with van der Waals surface area (Å²) < 4.78 is 23.5. The number of guanidine groups is 1. The van der Waals surface area contributed by atoms with Gasteiger partial charge in [-0.1, -0.05) is 37.6 Å². The van der Waals surface area contributed by atoms with E-state index in [1.807, 2.05) is 43.3 Å². The number of ether oxygens (including phenoxy) is 1. The Bertz CT molecular complexity index is 1650. The maximum absolute atomic E-state index is 15.4. The SMILES string of the molecule is CCCCNc1c(F)cc2c(=O)c(C(=O)NCCCCNC(=N)N)cn3c2c1Oc1cc2ccccc2cc1-3. The number of nitrogens with zero attached hydrogens (tertiary/aromatic N) is 1. The molecule has 0 fully saturated rings. The number of amides is 1. The van der Waals surface area contributed by atoms with Gasteiger partial charge in [0.05, 0.1) is 11.1 Å². The molecule has 0 bridgehead atoms. The van der Waals surface area contributed by atoms with Gasteiger partial charge in [-0.3, -0.25) is 15.0 Å². The minimum Gasteiger partial charge on any atom is -0.451 e. The third kappa shape index (κ3) is 5.09. The van der Waals surface area contributed by atoms with Gasteiger partial charge in [0.2, 0.25) is 5.43 Å². The number of halogens is 1. The highest BCUT2D eigenvalue weighted by molar-refractivity contribution is 6.02. The molecule has 4 aromatic rings. The van der Waals surface area contributed by atoms with Gasteiger partial charge in [-0.05, 0) is 48.2 Å². The van der Waals surface area contributed by atoms with Crippen LogP contribution in [0.5, 0.6) is 11.5 Å². The number of nitrogens with one attached hydrogen (secondary N) is 4. The highest BCUT2D eigenvalue weighted by Gasteiger charge is 2.28. The van der Waals surface area contributed by atoms with Crippen LogP contribution in [0, 0.1) is 11.2 Å². The van der Waals surface area contributed by atoms with Gasteiger partial charge >= 0.3 is 0 Å². The van der Waals surface area contributed by atoms with Gasteiger partial charge < -0.3 is 31.0 Å². The fourth-order valence-corrected chi connectivity index (χ4v) is 4.79. The normalized spacial score (nSPS) is 11.6. The van der Waals surface area contributed by atoms with Gasteiger partial charge in [-0.15, -0.1) is 0 Å². The van der Waals surface area contributed by atoms with Crippen LogP contribution in [0.15, 0.2) is 53.5 Å². The highest BCUT2D eigenvalue weighted by atomic mass is 19.1. The van der Waals surface area contributed by atoms with E-state index in [0.29, 0.717) is 49.4 Å². The third-order valence-corrected chi connectivity index (χ3v) is 6.78. The largest absolute Gasteiger partial charge is 0.451 e. The summed E-state index contributed by atoms with van der Waals surface area (Å²) >= 11 is 0. The van der Waals surface area contributed by atoms with Crippen molar-refractivity contribution >= 4 is 39.2 Å². The average Bonchev–Trinajstić information content (AvgIpc) is 2.92. The van der Waals surface area contributed by atoms with Gasteiger partial charge in [-0.2, -0.15) is 0 Å². The first-order valence-electron chi connectivity index (χ1n) is 13.1. The van der Waals surface area contributed by atoms with Crippen molar-refractivity contribution in [2.24, 2.45) is 5.73 Å². The number of pyridine rings is 1. The van der Waals surface area contributed by atoms with Crippen molar-refractivity contribution in [1.29, 1.82) is 5.41 Å². The number of aromatic nitrogens is 1. The van der Waals surface area contributed by atoms with Crippen molar-refractivity contribution < 1.29 is 13.9 Å². The van der Waals surface area contributed by atoms with Crippen LogP contribution in [0.4, 0.5) is 10.1 Å². The van der Waals surface area contributed by atoms with Gasteiger partial charge in [0, 0.05) is 25.8 Å². The van der Waals surface area contributed by atoms with Crippen molar-refractivity contribution in [3.05, 3.63) is 70.3 Å². The van der Waals surface area contributed by atoms with E-state index in [-0.39, 0.29) is 28.3 Å². The number of anilines is 1. The van der Waals surface area contributed by atoms with Crippen LogP contribution in [0.3, 0.4) is 0 Å². The summed E-state index contributed by atoms with van der Waals surface area (Å²) in [5, 5.41) is 17.8. The molecule has 2 heterocycles. The number of carbonyl (C=O) groups is 1. The smallest absolute Gasteiger partial charge is 0.256 e. The molecule has 9 nitrogen and oxygen atoms in total. The molecule has 0 atom stereocenters. The molecule has 0 saturated heterocycles. The Morgan fingerprint density at radius 3 is 2.49 bits per heavy atom. The van der Waals surface area contributed by atoms with Crippen molar-refractivity contribution in [3.8, 4) is 17.2 Å². The molecule has 0 radical (unpaired) electrons. The van der Waals surface area contributed by atoms with Gasteiger partial charge in [0.15, 0.2) is 23.3 Å². The summed E-state index contributed by atoms with van der Waals surface area (Å²) in [7, 11) is 0. The molecule has 1 aromatic heterocycles. The second kappa shape index (κ2) is 11.0. The van der Waals surface area contributed by atoms with E-state index < -0.39 is 17.2 Å². The number of benzene rings is 3. The van der Waals surface area contributed by atoms with E-state index in [1.54, 1.807) is 4.57 Å². The van der Waals surface area contributed by atoms with Gasteiger partial charge in [0.25, 0.3) is 5.91 Å². The van der Waals surface area contributed by atoms with Gasteiger partial charge in [-0.25, -0.2) is 4.39 Å². The summed E-state index contributed by atoms with van der Waals surface area (Å²) in [6, 6.07) is 12.8. The summed E-state index contributed by atoms with van der Waals surface area (Å²) in [4.78, 5) is 26.6. The quantitative estimate of drug-likeness (QED) is 0.102. The second-order valence-electron chi connectivity index (χ2n) is 9.55. The molecule has 5 rings (SSSR count). The molecule has 1 aliphatic heterocycles. The van der Waals surface area contributed by atoms with Crippen molar-refractivity contribution in [2.75, 3.05) is 25.0 Å². The molecule has 202 valence electrons. The Kier molecular flexibility index (Phi) is 7.36. The fourth-order valence-electron chi connectivity index (χ4n) is 4.79. The lowest BCUT2D eigenvalue weighted by atomic mass is 10.0. The number of carbonyl (C=O) groups excluding carboxylic acids is 1. The van der Waals surface area contributed by atoms with E-state index in [1.165, 1.54) is 12.3 Å². The Balaban J connectivity index is 1.59. The number of fused-ring (bicyclic) bond motifs is 3. The third-order valence-electron chi connectivity index (χ3n) is 6.78. The average molecular weight is 531 g/mol. The lowest BCUT2D eigenvalue weighted by Gasteiger charge is -2.26. The number of rotatable bonds is 10. The van der Waals surface area contributed by atoms with Crippen LogP contribution in [-0.2, 0) is 0 Å². The first-order chi connectivity index (χ1) is 18.9. The summed E-state index contributed by atoms with van der Waals surface area (Å²) in [6.45, 7) is 3.44. The topological polar surface area (TPSA) is 134 Å². The molecule has 3 aromatic carbocycles. The highest BCUT2D eigenvalue weighted by Crippen LogP contribution is 2.46. The zero-order chi connectivity index (χ0) is 27.5. The molecule has 0 spiro atoms. The van der Waals surface area contributed by atoms with Crippen LogP contribution >= 0.6 is 0 Å². The minimum atomic E-state index is -0.614. The molecule has 10 heteroatoms. The molecule has 0 saturated carbocycles. The summed E-state index contributed by atoms with van der Waals surface area (Å²) in [5.74, 6) is -0.529. The van der Waals surface area contributed by atoms with Crippen LogP contribution in [-0.4, -0.2) is 36.1 Å². The first kappa shape index (κ1) is 26.0. The molecule has 0 aliphatic carbocycles. The molecular formula is C29H31FN6O3. The van der Waals surface area contributed by atoms with Crippen molar-refractivity contribution in [2.45, 2.75) is 32.6 Å². The van der Waals surface area contributed by atoms with Gasteiger partial charge in [0.1, 0.15) is 16.8 Å². The first-order valence-corrected chi connectivity index (χ1v) is 13.1. The van der Waals surface area contributed by atoms with Crippen LogP contribution in [0.2, 0.25) is 0 Å². The monoisotopic (exact) mass is 530 g/mol. The number of hydrogen-bond donors (Lipinski definition) is 5. The van der Waals surface area contributed by atoms with Crippen molar-refractivity contribution in [3.63, 3.8) is 0 Å².